The Bertz CT molecular complexity index is 663. The molecule has 4 rings (SSSR count). The molecule has 1 aromatic carbocycles. The number of nitrogen functional groups attached to an aromatic ring is 1. The number of pyridine rings is 1. The van der Waals surface area contributed by atoms with E-state index in [0.717, 1.165) is 28.8 Å². The molecule has 3 heterocycles. The van der Waals surface area contributed by atoms with E-state index in [2.05, 4.69) is 21.3 Å². The van der Waals surface area contributed by atoms with Gasteiger partial charge in [-0.2, -0.15) is 0 Å². The van der Waals surface area contributed by atoms with Crippen LogP contribution >= 0.6 is 12.4 Å². The fourth-order valence-corrected chi connectivity index (χ4v) is 4.12. The van der Waals surface area contributed by atoms with Crippen LogP contribution in [0.1, 0.15) is 25.7 Å². The number of para-hydroxylation sites is 1. The summed E-state index contributed by atoms with van der Waals surface area (Å²) in [6.45, 7) is 3.51. The number of fused-ring (bicyclic) bond motifs is 2. The smallest absolute Gasteiger partial charge is 0.0743 e. The van der Waals surface area contributed by atoms with Crippen LogP contribution in [0.15, 0.2) is 30.5 Å². The van der Waals surface area contributed by atoms with Crippen LogP contribution in [-0.4, -0.2) is 35.1 Å². The van der Waals surface area contributed by atoms with Crippen LogP contribution < -0.4 is 11.1 Å². The molecule has 0 atom stereocenters. The molecule has 4 nitrogen and oxygen atoms in total. The lowest BCUT2D eigenvalue weighted by Crippen LogP contribution is -2.44. The highest BCUT2D eigenvalue weighted by molar-refractivity contribution is 5.96. The summed E-state index contributed by atoms with van der Waals surface area (Å²) in [4.78, 5) is 7.08. The third kappa shape index (κ3) is 2.40. The monoisotopic (exact) mass is 318 g/mol. The summed E-state index contributed by atoms with van der Waals surface area (Å²) in [6, 6.07) is 8.20. The molecular formula is C17H23ClN4. The standard InChI is InChI=1S/C17H22N4.ClH/c18-14-11-19-15-6-2-1-5-13(15)16(14)20-12-17-7-3-9-21(17)10-4-8-17;/h1-2,5-6,11H,3-4,7-10,12,18H2,(H,19,20);1H. The zero-order valence-electron chi connectivity index (χ0n) is 12.7. The molecule has 5 heteroatoms. The molecule has 2 aliphatic rings. The van der Waals surface area contributed by atoms with Gasteiger partial charge >= 0.3 is 0 Å². The Balaban J connectivity index is 0.00000144. The van der Waals surface area contributed by atoms with E-state index >= 15 is 0 Å². The van der Waals surface area contributed by atoms with E-state index in [1.165, 1.54) is 38.8 Å². The van der Waals surface area contributed by atoms with Crippen molar-refractivity contribution in [2.75, 3.05) is 30.7 Å². The van der Waals surface area contributed by atoms with Crippen LogP contribution in [0, 0.1) is 0 Å². The van der Waals surface area contributed by atoms with Crippen molar-refractivity contribution in [3.05, 3.63) is 30.5 Å². The number of halogens is 1. The van der Waals surface area contributed by atoms with Gasteiger partial charge in [0.2, 0.25) is 0 Å². The summed E-state index contributed by atoms with van der Waals surface area (Å²) in [5.41, 5.74) is 9.32. The van der Waals surface area contributed by atoms with Gasteiger partial charge in [0, 0.05) is 17.5 Å². The van der Waals surface area contributed by atoms with E-state index in [0.29, 0.717) is 5.54 Å². The first-order valence-corrected chi connectivity index (χ1v) is 7.91. The van der Waals surface area contributed by atoms with Crippen LogP contribution in [0.4, 0.5) is 11.4 Å². The number of nitrogens with two attached hydrogens (primary N) is 1. The van der Waals surface area contributed by atoms with Gasteiger partial charge in [-0.25, -0.2) is 0 Å². The van der Waals surface area contributed by atoms with Gasteiger partial charge < -0.3 is 11.1 Å². The van der Waals surface area contributed by atoms with Crippen molar-refractivity contribution >= 4 is 34.7 Å². The summed E-state index contributed by atoms with van der Waals surface area (Å²) >= 11 is 0. The topological polar surface area (TPSA) is 54.2 Å². The second-order valence-corrected chi connectivity index (χ2v) is 6.38. The summed E-state index contributed by atoms with van der Waals surface area (Å²) in [7, 11) is 0. The third-order valence-corrected chi connectivity index (χ3v) is 5.21. The highest BCUT2D eigenvalue weighted by Gasteiger charge is 2.43. The highest BCUT2D eigenvalue weighted by atomic mass is 35.5. The molecule has 118 valence electrons. The second-order valence-electron chi connectivity index (χ2n) is 6.38. The molecule has 0 bridgehead atoms. The normalized spacial score (nSPS) is 19.8. The Labute approximate surface area is 137 Å². The zero-order valence-corrected chi connectivity index (χ0v) is 13.5. The predicted molar refractivity (Wildman–Crippen MR) is 94.7 cm³/mol. The number of nitrogens with one attached hydrogen (secondary N) is 1. The van der Waals surface area contributed by atoms with Crippen LogP contribution in [0.5, 0.6) is 0 Å². The fraction of sp³-hybridized carbons (Fsp3) is 0.471. The van der Waals surface area contributed by atoms with Gasteiger partial charge in [0.1, 0.15) is 0 Å². The Morgan fingerprint density at radius 3 is 2.68 bits per heavy atom. The minimum atomic E-state index is 0. The molecule has 22 heavy (non-hydrogen) atoms. The average Bonchev–Trinajstić information content (AvgIpc) is 3.06. The maximum absolute atomic E-state index is 6.17. The molecule has 2 aliphatic heterocycles. The van der Waals surface area contributed by atoms with Gasteiger partial charge in [-0.15, -0.1) is 12.4 Å². The first-order chi connectivity index (χ1) is 10.3. The van der Waals surface area contributed by atoms with Crippen molar-refractivity contribution < 1.29 is 0 Å². The summed E-state index contributed by atoms with van der Waals surface area (Å²) < 4.78 is 0. The van der Waals surface area contributed by atoms with Crippen molar-refractivity contribution in [1.82, 2.24) is 9.88 Å². The second kappa shape index (κ2) is 5.94. The molecule has 0 saturated carbocycles. The van der Waals surface area contributed by atoms with Gasteiger partial charge in [0.15, 0.2) is 0 Å². The number of anilines is 2. The minimum Gasteiger partial charge on any atom is -0.396 e. The van der Waals surface area contributed by atoms with Crippen molar-refractivity contribution in [1.29, 1.82) is 0 Å². The van der Waals surface area contributed by atoms with E-state index in [4.69, 9.17) is 5.73 Å². The summed E-state index contributed by atoms with van der Waals surface area (Å²) in [5, 5.41) is 4.78. The molecule has 2 fully saturated rings. The first-order valence-electron chi connectivity index (χ1n) is 7.91. The fourth-order valence-electron chi connectivity index (χ4n) is 4.12. The van der Waals surface area contributed by atoms with Crippen LogP contribution in [0.2, 0.25) is 0 Å². The van der Waals surface area contributed by atoms with Crippen LogP contribution in [-0.2, 0) is 0 Å². The van der Waals surface area contributed by atoms with Crippen LogP contribution in [0.3, 0.4) is 0 Å². The van der Waals surface area contributed by atoms with Gasteiger partial charge in [0.05, 0.1) is 23.1 Å². The lowest BCUT2D eigenvalue weighted by atomic mass is 9.94. The maximum atomic E-state index is 6.17. The lowest BCUT2D eigenvalue weighted by molar-refractivity contribution is 0.209. The van der Waals surface area contributed by atoms with E-state index in [-0.39, 0.29) is 12.4 Å². The molecule has 0 aliphatic carbocycles. The molecule has 0 unspecified atom stereocenters. The Hall–Kier alpha value is -1.52. The SMILES string of the molecule is Cl.Nc1cnc2ccccc2c1NCC12CCCN1CCC2. The summed E-state index contributed by atoms with van der Waals surface area (Å²) in [6.07, 6.45) is 7.04. The molecule has 3 N–H and O–H groups in total. The summed E-state index contributed by atoms with van der Waals surface area (Å²) in [5.74, 6) is 0. The van der Waals surface area contributed by atoms with E-state index < -0.39 is 0 Å². The van der Waals surface area contributed by atoms with Crippen molar-refractivity contribution in [2.45, 2.75) is 31.2 Å². The Kier molecular flexibility index (Phi) is 4.15. The minimum absolute atomic E-state index is 0. The molecule has 0 amide bonds. The molecular weight excluding hydrogens is 296 g/mol. The quantitative estimate of drug-likeness (QED) is 0.912. The maximum Gasteiger partial charge on any atom is 0.0743 e. The van der Waals surface area contributed by atoms with E-state index in [1.807, 2.05) is 18.2 Å². The van der Waals surface area contributed by atoms with Gasteiger partial charge in [0.25, 0.3) is 0 Å². The molecule has 0 radical (unpaired) electrons. The van der Waals surface area contributed by atoms with Gasteiger partial charge in [-0.3, -0.25) is 9.88 Å². The number of nitrogens with zero attached hydrogens (tertiary/aromatic N) is 2. The highest BCUT2D eigenvalue weighted by Crippen LogP contribution is 2.39. The zero-order chi connectivity index (χ0) is 14.3. The van der Waals surface area contributed by atoms with Crippen molar-refractivity contribution in [3.8, 4) is 0 Å². The van der Waals surface area contributed by atoms with Crippen molar-refractivity contribution in [2.24, 2.45) is 0 Å². The molecule has 2 aromatic rings. The number of rotatable bonds is 3. The van der Waals surface area contributed by atoms with Gasteiger partial charge in [-0.1, -0.05) is 18.2 Å². The van der Waals surface area contributed by atoms with Gasteiger partial charge in [-0.05, 0) is 44.8 Å². The molecule has 2 saturated heterocycles. The number of aromatic nitrogens is 1. The molecule has 1 aromatic heterocycles. The Morgan fingerprint density at radius 1 is 1.18 bits per heavy atom. The van der Waals surface area contributed by atoms with Crippen molar-refractivity contribution in [3.63, 3.8) is 0 Å². The molecule has 0 spiro atoms. The van der Waals surface area contributed by atoms with E-state index in [9.17, 15) is 0 Å². The number of benzene rings is 1. The lowest BCUT2D eigenvalue weighted by Gasteiger charge is -2.33. The van der Waals surface area contributed by atoms with Crippen LogP contribution in [0.25, 0.3) is 10.9 Å². The Morgan fingerprint density at radius 2 is 1.91 bits per heavy atom. The predicted octanol–water partition coefficient (Wildman–Crippen LogP) is 3.28. The largest absolute Gasteiger partial charge is 0.396 e. The third-order valence-electron chi connectivity index (χ3n) is 5.21. The first kappa shape index (κ1) is 15.4. The average molecular weight is 319 g/mol. The number of hydrogen-bond acceptors (Lipinski definition) is 4. The number of hydrogen-bond donors (Lipinski definition) is 2. The van der Waals surface area contributed by atoms with E-state index in [1.54, 1.807) is 6.20 Å².